The van der Waals surface area contributed by atoms with Crippen molar-refractivity contribution < 1.29 is 17.9 Å². The summed E-state index contributed by atoms with van der Waals surface area (Å²) >= 11 is 0. The molecule has 1 aromatic carbocycles. The lowest BCUT2D eigenvalue weighted by Gasteiger charge is -2.26. The molecule has 10 nitrogen and oxygen atoms in total. The number of rotatable bonds is 7. The van der Waals surface area contributed by atoms with Gasteiger partial charge in [0, 0.05) is 38.4 Å². The summed E-state index contributed by atoms with van der Waals surface area (Å²) in [6.07, 6.45) is 3.48. The lowest BCUT2D eigenvalue weighted by molar-refractivity contribution is 0.0611. The molecule has 190 valence electrons. The van der Waals surface area contributed by atoms with Crippen LogP contribution in [-0.2, 0) is 26.7 Å². The van der Waals surface area contributed by atoms with Crippen LogP contribution >= 0.6 is 0 Å². The molecule has 2 aromatic heterocycles. The molecular weight excluding hydrogens is 468 g/mol. The van der Waals surface area contributed by atoms with Crippen LogP contribution in [0.25, 0.3) is 11.0 Å². The lowest BCUT2D eigenvalue weighted by atomic mass is 9.94. The molecule has 4 rings (SSSR count). The van der Waals surface area contributed by atoms with E-state index in [9.17, 15) is 13.2 Å². The summed E-state index contributed by atoms with van der Waals surface area (Å²) in [5.41, 5.74) is 7.34. The second-order valence-electron chi connectivity index (χ2n) is 10.2. The Morgan fingerprint density at radius 2 is 1.94 bits per heavy atom. The van der Waals surface area contributed by atoms with Crippen LogP contribution in [0.3, 0.4) is 0 Å². The predicted octanol–water partition coefficient (Wildman–Crippen LogP) is 3.04. The third-order valence-corrected chi connectivity index (χ3v) is 8.65. The van der Waals surface area contributed by atoms with E-state index in [-0.39, 0.29) is 11.1 Å². The highest BCUT2D eigenvalue weighted by Gasteiger charge is 2.30. The minimum absolute atomic E-state index is 0.0147. The molecule has 3 heterocycles. The summed E-state index contributed by atoms with van der Waals surface area (Å²) in [5.74, 6) is 0.786. The van der Waals surface area contributed by atoms with Gasteiger partial charge in [-0.3, -0.25) is 13.8 Å². The van der Waals surface area contributed by atoms with E-state index < -0.39 is 21.3 Å². The molecule has 1 saturated heterocycles. The molecule has 1 fully saturated rings. The molecule has 0 radical (unpaired) electrons. The molecule has 3 aromatic rings. The highest BCUT2D eigenvalue weighted by Crippen LogP contribution is 2.32. The molecule has 0 aliphatic carbocycles. The third kappa shape index (κ3) is 4.92. The van der Waals surface area contributed by atoms with E-state index in [1.807, 2.05) is 12.1 Å². The standard InChI is InChI=1S/C24H34N6O4S/c1-16(30-11-8-19(27-30)22(25)31)35(32,33)28(5)18-6-7-21-20(14-18)26-23(24(2,3)4)29(21)15-17-9-12-34-13-10-17/h6-8,11,14,16-17H,9-10,12-13,15H2,1-5H3,(H2,25,31). The molecule has 1 amide bonds. The molecule has 0 spiro atoms. The Morgan fingerprint density at radius 3 is 2.54 bits per heavy atom. The fraction of sp³-hybridized carbons (Fsp3) is 0.542. The summed E-state index contributed by atoms with van der Waals surface area (Å²) < 4.78 is 37.0. The summed E-state index contributed by atoms with van der Waals surface area (Å²) in [6.45, 7) is 10.4. The van der Waals surface area contributed by atoms with Crippen molar-refractivity contribution in [3.8, 4) is 0 Å². The van der Waals surface area contributed by atoms with Crippen molar-refractivity contribution in [3.05, 3.63) is 42.0 Å². The number of nitrogens with two attached hydrogens (primary N) is 1. The van der Waals surface area contributed by atoms with Crippen LogP contribution in [0.5, 0.6) is 0 Å². The number of benzene rings is 1. The number of anilines is 1. The van der Waals surface area contributed by atoms with Gasteiger partial charge in [-0.05, 0) is 49.9 Å². The zero-order chi connectivity index (χ0) is 25.5. The van der Waals surface area contributed by atoms with Gasteiger partial charge in [-0.2, -0.15) is 5.10 Å². The van der Waals surface area contributed by atoms with Crippen molar-refractivity contribution in [3.63, 3.8) is 0 Å². The highest BCUT2D eigenvalue weighted by molar-refractivity contribution is 7.92. The van der Waals surface area contributed by atoms with Gasteiger partial charge in [0.2, 0.25) is 0 Å². The average Bonchev–Trinajstić information content (AvgIpc) is 3.44. The molecule has 0 saturated carbocycles. The quantitative estimate of drug-likeness (QED) is 0.529. The van der Waals surface area contributed by atoms with E-state index in [0.29, 0.717) is 11.6 Å². The first-order valence-electron chi connectivity index (χ1n) is 11.8. The fourth-order valence-electron chi connectivity index (χ4n) is 4.44. The SMILES string of the molecule is CC(n1ccc(C(N)=O)n1)S(=O)(=O)N(C)c1ccc2c(c1)nc(C(C)(C)C)n2CC1CCOCC1. The molecule has 1 atom stereocenters. The van der Waals surface area contributed by atoms with Crippen molar-refractivity contribution in [2.24, 2.45) is 11.7 Å². The van der Waals surface area contributed by atoms with Crippen LogP contribution in [0.2, 0.25) is 0 Å². The van der Waals surface area contributed by atoms with Gasteiger partial charge < -0.3 is 15.0 Å². The largest absolute Gasteiger partial charge is 0.381 e. The topological polar surface area (TPSA) is 125 Å². The smallest absolute Gasteiger partial charge is 0.269 e. The molecule has 1 unspecified atom stereocenters. The summed E-state index contributed by atoms with van der Waals surface area (Å²) in [6, 6.07) is 6.97. The zero-order valence-corrected chi connectivity index (χ0v) is 21.7. The van der Waals surface area contributed by atoms with Crippen LogP contribution in [0.1, 0.15) is 62.2 Å². The second-order valence-corrected chi connectivity index (χ2v) is 12.4. The number of hydrogen-bond donors (Lipinski definition) is 1. The Morgan fingerprint density at radius 1 is 1.26 bits per heavy atom. The molecule has 1 aliphatic heterocycles. The van der Waals surface area contributed by atoms with Crippen molar-refractivity contribution in [2.45, 2.75) is 57.9 Å². The monoisotopic (exact) mass is 502 g/mol. The van der Waals surface area contributed by atoms with E-state index in [1.54, 1.807) is 6.07 Å². The Labute approximate surface area is 206 Å². The van der Waals surface area contributed by atoms with Gasteiger partial charge >= 0.3 is 0 Å². The summed E-state index contributed by atoms with van der Waals surface area (Å²) in [7, 11) is -2.34. The van der Waals surface area contributed by atoms with E-state index >= 15 is 0 Å². The van der Waals surface area contributed by atoms with Gasteiger partial charge in [-0.25, -0.2) is 13.4 Å². The Kier molecular flexibility index (Phi) is 6.67. The first kappa shape index (κ1) is 25.2. The first-order chi connectivity index (χ1) is 16.4. The van der Waals surface area contributed by atoms with Gasteiger partial charge in [0.1, 0.15) is 11.5 Å². The molecule has 0 bridgehead atoms. The number of amides is 1. The van der Waals surface area contributed by atoms with Gasteiger partial charge in [-0.1, -0.05) is 20.8 Å². The molecular formula is C24H34N6O4S. The van der Waals surface area contributed by atoms with E-state index in [2.05, 4.69) is 30.4 Å². The Balaban J connectivity index is 1.68. The van der Waals surface area contributed by atoms with Gasteiger partial charge in [-0.15, -0.1) is 0 Å². The van der Waals surface area contributed by atoms with Crippen LogP contribution in [-0.4, -0.2) is 53.9 Å². The third-order valence-electron chi connectivity index (χ3n) is 6.59. The van der Waals surface area contributed by atoms with Crippen molar-refractivity contribution in [1.82, 2.24) is 19.3 Å². The maximum atomic E-state index is 13.4. The average molecular weight is 503 g/mol. The van der Waals surface area contributed by atoms with Crippen LogP contribution < -0.4 is 10.0 Å². The number of primary amides is 1. The van der Waals surface area contributed by atoms with Crippen molar-refractivity contribution in [2.75, 3.05) is 24.6 Å². The number of carbonyl (C=O) groups is 1. The molecule has 35 heavy (non-hydrogen) atoms. The number of sulfonamides is 1. The number of nitrogens with zero attached hydrogens (tertiary/aromatic N) is 5. The second kappa shape index (κ2) is 9.27. The maximum Gasteiger partial charge on any atom is 0.269 e. The summed E-state index contributed by atoms with van der Waals surface area (Å²) in [4.78, 5) is 16.3. The zero-order valence-electron chi connectivity index (χ0n) is 20.9. The van der Waals surface area contributed by atoms with Crippen molar-refractivity contribution in [1.29, 1.82) is 0 Å². The minimum Gasteiger partial charge on any atom is -0.381 e. The molecule has 2 N–H and O–H groups in total. The van der Waals surface area contributed by atoms with Crippen molar-refractivity contribution >= 4 is 32.7 Å². The number of carbonyl (C=O) groups excluding carboxylic acids is 1. The normalized spacial score (nSPS) is 16.5. The summed E-state index contributed by atoms with van der Waals surface area (Å²) in [5, 5.41) is 2.98. The first-order valence-corrected chi connectivity index (χ1v) is 13.3. The number of ether oxygens (including phenoxy) is 1. The van der Waals surface area contributed by atoms with Gasteiger partial charge in [0.15, 0.2) is 5.37 Å². The lowest BCUT2D eigenvalue weighted by Crippen LogP contribution is -2.33. The maximum absolute atomic E-state index is 13.4. The highest BCUT2D eigenvalue weighted by atomic mass is 32.2. The predicted molar refractivity (Wildman–Crippen MR) is 135 cm³/mol. The van der Waals surface area contributed by atoms with E-state index in [0.717, 1.165) is 49.5 Å². The Hall–Kier alpha value is -2.92. The van der Waals surface area contributed by atoms with E-state index in [1.165, 1.54) is 35.2 Å². The number of hydrogen-bond acceptors (Lipinski definition) is 6. The van der Waals surface area contributed by atoms with Gasteiger partial charge in [0.05, 0.1) is 16.7 Å². The van der Waals surface area contributed by atoms with Crippen LogP contribution in [0.15, 0.2) is 30.5 Å². The molecule has 1 aliphatic rings. The number of aromatic nitrogens is 4. The van der Waals surface area contributed by atoms with Crippen LogP contribution in [0.4, 0.5) is 5.69 Å². The minimum atomic E-state index is -3.85. The number of imidazole rings is 1. The van der Waals surface area contributed by atoms with Gasteiger partial charge in [0.25, 0.3) is 15.9 Å². The van der Waals surface area contributed by atoms with Crippen LogP contribution in [0, 0.1) is 5.92 Å². The Bertz CT molecular complexity index is 1330. The fourth-order valence-corrected chi connectivity index (χ4v) is 5.70. The number of fused-ring (bicyclic) bond motifs is 1. The van der Waals surface area contributed by atoms with E-state index in [4.69, 9.17) is 15.5 Å². The molecule has 11 heteroatoms.